The molecule has 1 fully saturated rings. The highest BCUT2D eigenvalue weighted by Crippen LogP contribution is 2.30. The maximum atomic E-state index is 13.4. The monoisotopic (exact) mass is 549 g/mol. The van der Waals surface area contributed by atoms with Crippen LogP contribution in [0.4, 0.5) is 11.4 Å². The molecular weight excluding hydrogens is 502 g/mol. The Morgan fingerprint density at radius 1 is 0.950 bits per heavy atom. The first-order chi connectivity index (χ1) is 18.7. The third kappa shape index (κ3) is 8.09. The van der Waals surface area contributed by atoms with E-state index in [1.807, 2.05) is 43.3 Å². The molecule has 0 saturated carbocycles. The topological polar surface area (TPSA) is 71.4 Å². The lowest BCUT2D eigenvalue weighted by molar-refractivity contribution is -0.236. The van der Waals surface area contributed by atoms with Crippen LogP contribution in [0.3, 0.4) is 0 Å². The van der Waals surface area contributed by atoms with E-state index < -0.39 is 23.6 Å². The minimum atomic E-state index is -1.32. The van der Waals surface area contributed by atoms with E-state index in [1.165, 1.54) is 5.56 Å². The van der Waals surface area contributed by atoms with Gasteiger partial charge in [0.25, 0.3) is 5.79 Å². The second-order valence-electron chi connectivity index (χ2n) is 12.5. The van der Waals surface area contributed by atoms with Crippen molar-refractivity contribution in [3.8, 4) is 0 Å². The first-order valence-electron chi connectivity index (χ1n) is 14.4. The van der Waals surface area contributed by atoms with Crippen molar-refractivity contribution in [2.75, 3.05) is 19.0 Å². The Morgan fingerprint density at radius 3 is 2.02 bits per heavy atom. The number of carbonyl (C=O) groups excluding carboxylic acids is 2. The number of ether oxygens (including phenoxy) is 2. The van der Waals surface area contributed by atoms with Crippen LogP contribution in [0.15, 0.2) is 53.5 Å². The Labute approximate surface area is 240 Å². The Bertz CT molecular complexity index is 1160. The molecule has 7 heteroatoms. The summed E-state index contributed by atoms with van der Waals surface area (Å²) >= 11 is 0. The lowest BCUT2D eigenvalue weighted by atomic mass is 9.86. The summed E-state index contributed by atoms with van der Waals surface area (Å²) in [6.07, 6.45) is 4.15. The third-order valence-electron chi connectivity index (χ3n) is 7.26. The minimum absolute atomic E-state index is 0.0178. The minimum Gasteiger partial charge on any atom is -0.422 e. The van der Waals surface area contributed by atoms with Crippen LogP contribution in [-0.2, 0) is 31.0 Å². The van der Waals surface area contributed by atoms with Gasteiger partial charge in [0.05, 0.1) is 5.69 Å². The number of unbranched alkanes of at least 4 members (excludes halogenated alkanes) is 2. The van der Waals surface area contributed by atoms with E-state index in [0.29, 0.717) is 18.1 Å². The zero-order chi connectivity index (χ0) is 29.7. The molecule has 1 atom stereocenters. The molecule has 2 aromatic rings. The molecule has 0 bridgehead atoms. The van der Waals surface area contributed by atoms with Crippen molar-refractivity contribution < 1.29 is 19.1 Å². The van der Waals surface area contributed by atoms with E-state index in [0.717, 1.165) is 36.9 Å². The number of benzene rings is 2. The van der Waals surface area contributed by atoms with Crippen LogP contribution >= 0.6 is 0 Å². The molecule has 0 N–H and O–H groups in total. The number of hydrogen-bond acceptors (Lipinski definition) is 6. The van der Waals surface area contributed by atoms with E-state index in [9.17, 15) is 9.59 Å². The molecule has 0 aliphatic carbocycles. The smallest absolute Gasteiger partial charge is 0.331 e. The average Bonchev–Trinajstić information content (AvgIpc) is 2.85. The van der Waals surface area contributed by atoms with Gasteiger partial charge in [0.2, 0.25) is 5.92 Å². The number of nitrogens with zero attached hydrogens (tertiary/aromatic N) is 3. The van der Waals surface area contributed by atoms with Crippen LogP contribution in [0.5, 0.6) is 0 Å². The molecule has 1 unspecified atom stereocenters. The molecule has 0 aromatic heterocycles. The third-order valence-corrected chi connectivity index (χ3v) is 7.26. The highest BCUT2D eigenvalue weighted by molar-refractivity contribution is 6.17. The fourth-order valence-electron chi connectivity index (χ4n) is 4.80. The van der Waals surface area contributed by atoms with Gasteiger partial charge >= 0.3 is 11.9 Å². The lowest BCUT2D eigenvalue weighted by Gasteiger charge is -2.38. The summed E-state index contributed by atoms with van der Waals surface area (Å²) < 4.78 is 11.1. The number of anilines is 1. The maximum Gasteiger partial charge on any atom is 0.331 e. The van der Waals surface area contributed by atoms with Crippen LogP contribution in [0.25, 0.3) is 0 Å². The SMILES string of the molecule is CCCCCC(C)N(Cc1ccc(C(C)(C)C)cc1)C(=Nc1ccc(N(C)C)cc1)C1C(=O)OC(C)(C)OC1=O. The molecular formula is C33H47N3O4. The van der Waals surface area contributed by atoms with Gasteiger partial charge in [0, 0.05) is 46.2 Å². The van der Waals surface area contributed by atoms with Gasteiger partial charge in [0.1, 0.15) is 5.84 Å². The molecule has 0 radical (unpaired) electrons. The van der Waals surface area contributed by atoms with E-state index in [1.54, 1.807) is 13.8 Å². The fraction of sp³-hybridized carbons (Fsp3) is 0.545. The van der Waals surface area contributed by atoms with Gasteiger partial charge in [-0.3, -0.25) is 9.59 Å². The van der Waals surface area contributed by atoms with Crippen molar-refractivity contribution in [1.29, 1.82) is 0 Å². The van der Waals surface area contributed by atoms with Gasteiger partial charge in [-0.05, 0) is 54.2 Å². The molecule has 1 heterocycles. The summed E-state index contributed by atoms with van der Waals surface area (Å²) in [6.45, 7) is 14.5. The van der Waals surface area contributed by atoms with Gasteiger partial charge < -0.3 is 19.3 Å². The summed E-state index contributed by atoms with van der Waals surface area (Å²) in [7, 11) is 3.95. The highest BCUT2D eigenvalue weighted by Gasteiger charge is 2.48. The standard InChI is InChI=1S/C33H47N3O4/c1-10-11-12-13-23(2)36(22-24-14-16-25(17-15-24)32(3,4)5)29(28-30(37)39-33(6,7)40-31(28)38)34-26-18-20-27(21-19-26)35(8)9/h14-21,23,28H,10-13,22H2,1-9H3. The van der Waals surface area contributed by atoms with Crippen LogP contribution < -0.4 is 4.90 Å². The predicted molar refractivity (Wildman–Crippen MR) is 162 cm³/mol. The average molecular weight is 550 g/mol. The molecule has 40 heavy (non-hydrogen) atoms. The normalized spacial score (nSPS) is 16.8. The highest BCUT2D eigenvalue weighted by atomic mass is 16.7. The molecule has 0 spiro atoms. The zero-order valence-corrected chi connectivity index (χ0v) is 25.8. The van der Waals surface area contributed by atoms with E-state index >= 15 is 0 Å². The Morgan fingerprint density at radius 2 is 1.52 bits per heavy atom. The molecule has 1 aliphatic rings. The first-order valence-corrected chi connectivity index (χ1v) is 14.4. The molecule has 7 nitrogen and oxygen atoms in total. The maximum absolute atomic E-state index is 13.4. The van der Waals surface area contributed by atoms with Crippen molar-refractivity contribution in [2.24, 2.45) is 10.9 Å². The van der Waals surface area contributed by atoms with Crippen molar-refractivity contribution in [3.05, 3.63) is 59.7 Å². The first kappa shape index (κ1) is 31.2. The number of hydrogen-bond donors (Lipinski definition) is 0. The van der Waals surface area contributed by atoms with Crippen LogP contribution in [-0.4, -0.2) is 48.6 Å². The molecule has 1 aliphatic heterocycles. The second kappa shape index (κ2) is 12.9. The predicted octanol–water partition coefficient (Wildman–Crippen LogP) is 7.00. The summed E-state index contributed by atoms with van der Waals surface area (Å²) in [5, 5.41) is 0. The van der Waals surface area contributed by atoms with E-state index in [2.05, 4.69) is 63.8 Å². The van der Waals surface area contributed by atoms with Crippen molar-refractivity contribution >= 4 is 29.1 Å². The molecule has 0 amide bonds. The number of amidine groups is 1. The van der Waals surface area contributed by atoms with Gasteiger partial charge in [-0.15, -0.1) is 0 Å². The number of esters is 2. The number of rotatable bonds is 10. The Kier molecular flexibility index (Phi) is 10.0. The Balaban J connectivity index is 2.10. The van der Waals surface area contributed by atoms with Crippen molar-refractivity contribution in [3.63, 3.8) is 0 Å². The molecule has 1 saturated heterocycles. The molecule has 2 aromatic carbocycles. The Hall–Kier alpha value is -3.35. The number of carbonyl (C=O) groups is 2. The van der Waals surface area contributed by atoms with Crippen molar-refractivity contribution in [1.82, 2.24) is 4.90 Å². The van der Waals surface area contributed by atoms with Gasteiger partial charge in [-0.2, -0.15) is 0 Å². The van der Waals surface area contributed by atoms with Gasteiger partial charge in [-0.25, -0.2) is 4.99 Å². The molecule has 218 valence electrons. The second-order valence-corrected chi connectivity index (χ2v) is 12.5. The summed E-state index contributed by atoms with van der Waals surface area (Å²) in [6, 6.07) is 16.3. The van der Waals surface area contributed by atoms with E-state index in [-0.39, 0.29) is 11.5 Å². The summed E-state index contributed by atoms with van der Waals surface area (Å²) in [4.78, 5) is 35.8. The lowest BCUT2D eigenvalue weighted by Crippen LogP contribution is -2.54. The summed E-state index contributed by atoms with van der Waals surface area (Å²) in [5.41, 5.74) is 4.04. The van der Waals surface area contributed by atoms with E-state index in [4.69, 9.17) is 14.5 Å². The van der Waals surface area contributed by atoms with Crippen LogP contribution in [0.2, 0.25) is 0 Å². The van der Waals surface area contributed by atoms with Crippen molar-refractivity contribution in [2.45, 2.75) is 97.9 Å². The number of aliphatic imine (C=N–C) groups is 1. The largest absolute Gasteiger partial charge is 0.422 e. The van der Waals surface area contributed by atoms with Crippen LogP contribution in [0, 0.1) is 5.92 Å². The van der Waals surface area contributed by atoms with Gasteiger partial charge in [0.15, 0.2) is 0 Å². The van der Waals surface area contributed by atoms with Gasteiger partial charge in [-0.1, -0.05) is 71.2 Å². The number of cyclic esters (lactones) is 2. The summed E-state index contributed by atoms with van der Waals surface area (Å²) in [5.74, 6) is -3.52. The quantitative estimate of drug-likeness (QED) is 0.104. The fourth-order valence-corrected chi connectivity index (χ4v) is 4.80. The molecule has 3 rings (SSSR count). The zero-order valence-electron chi connectivity index (χ0n) is 25.8. The van der Waals surface area contributed by atoms with Crippen LogP contribution in [0.1, 0.15) is 85.3 Å².